The van der Waals surface area contributed by atoms with Crippen LogP contribution in [-0.2, 0) is 0 Å². The maximum atomic E-state index is 14.1. The number of alkyl halides is 4. The van der Waals surface area contributed by atoms with E-state index in [1.54, 1.807) is 31.2 Å². The summed E-state index contributed by atoms with van der Waals surface area (Å²) in [5.74, 6) is -0.671. The Morgan fingerprint density at radius 2 is 2.04 bits per heavy atom. The van der Waals surface area contributed by atoms with Crippen molar-refractivity contribution in [1.82, 2.24) is 5.32 Å². The summed E-state index contributed by atoms with van der Waals surface area (Å²) < 4.78 is 66.5. The minimum atomic E-state index is -4.66. The monoisotopic (exact) mass is 395 g/mol. The standard InChI is InChI=1S/C20H18F5N3/c1-2-27-16(10-18(26)20(23,24)25)11-6-7-15-12(8-11)9-17(28-15)19-13(21)4-3-5-14(19)22/h3-10,13,15,28H,2,26H2,1H3. The van der Waals surface area contributed by atoms with E-state index in [-0.39, 0.29) is 23.9 Å². The SMILES string of the molecule is CCN=C(C=C(N)C(F)(F)F)C1=CC2=CC(=C3C(F)=CC=CC3F)NC2C=C1. The van der Waals surface area contributed by atoms with Crippen molar-refractivity contribution in [2.75, 3.05) is 6.54 Å². The van der Waals surface area contributed by atoms with E-state index in [9.17, 15) is 22.0 Å². The number of hydrogen-bond donors (Lipinski definition) is 2. The number of allylic oxidation sites excluding steroid dienone is 10. The molecule has 2 aliphatic carbocycles. The zero-order chi connectivity index (χ0) is 20.5. The van der Waals surface area contributed by atoms with Gasteiger partial charge in [-0.15, -0.1) is 0 Å². The minimum Gasteiger partial charge on any atom is -0.395 e. The van der Waals surface area contributed by atoms with Gasteiger partial charge in [0, 0.05) is 17.8 Å². The highest BCUT2D eigenvalue weighted by Gasteiger charge is 2.32. The van der Waals surface area contributed by atoms with Crippen molar-refractivity contribution in [3.63, 3.8) is 0 Å². The van der Waals surface area contributed by atoms with Crippen LogP contribution in [-0.4, -0.2) is 30.6 Å². The van der Waals surface area contributed by atoms with Gasteiger partial charge >= 0.3 is 6.18 Å². The van der Waals surface area contributed by atoms with Gasteiger partial charge in [0.15, 0.2) is 0 Å². The lowest BCUT2D eigenvalue weighted by atomic mass is 9.95. The number of halogens is 5. The molecule has 1 heterocycles. The van der Waals surface area contributed by atoms with E-state index in [0.717, 1.165) is 6.08 Å². The molecular formula is C20H18F5N3. The maximum Gasteiger partial charge on any atom is 0.430 e. The first kappa shape index (κ1) is 19.9. The molecule has 0 saturated heterocycles. The molecule has 3 nitrogen and oxygen atoms in total. The second kappa shape index (κ2) is 7.61. The van der Waals surface area contributed by atoms with E-state index in [4.69, 9.17) is 5.73 Å². The third-order valence-corrected chi connectivity index (χ3v) is 4.36. The van der Waals surface area contributed by atoms with E-state index >= 15 is 0 Å². The van der Waals surface area contributed by atoms with Crippen molar-refractivity contribution in [2.45, 2.75) is 25.3 Å². The Morgan fingerprint density at radius 1 is 1.29 bits per heavy atom. The van der Waals surface area contributed by atoms with Gasteiger partial charge in [0.2, 0.25) is 0 Å². The van der Waals surface area contributed by atoms with Crippen molar-refractivity contribution < 1.29 is 22.0 Å². The van der Waals surface area contributed by atoms with Crippen LogP contribution in [0.4, 0.5) is 22.0 Å². The van der Waals surface area contributed by atoms with E-state index in [1.807, 2.05) is 0 Å². The van der Waals surface area contributed by atoms with Crippen LogP contribution in [0, 0.1) is 0 Å². The molecule has 0 fully saturated rings. The van der Waals surface area contributed by atoms with Crippen LogP contribution in [0.25, 0.3) is 0 Å². The summed E-state index contributed by atoms with van der Waals surface area (Å²) in [7, 11) is 0. The quantitative estimate of drug-likeness (QED) is 0.554. The van der Waals surface area contributed by atoms with Gasteiger partial charge in [-0.1, -0.05) is 18.2 Å². The number of fused-ring (bicyclic) bond motifs is 1. The van der Waals surface area contributed by atoms with Crippen LogP contribution >= 0.6 is 0 Å². The van der Waals surface area contributed by atoms with Crippen molar-refractivity contribution in [2.24, 2.45) is 10.7 Å². The largest absolute Gasteiger partial charge is 0.430 e. The van der Waals surface area contributed by atoms with Crippen LogP contribution in [0.3, 0.4) is 0 Å². The summed E-state index contributed by atoms with van der Waals surface area (Å²) in [4.78, 5) is 4.09. The van der Waals surface area contributed by atoms with Crippen LogP contribution in [0.2, 0.25) is 0 Å². The van der Waals surface area contributed by atoms with Crippen molar-refractivity contribution in [3.05, 3.63) is 82.5 Å². The van der Waals surface area contributed by atoms with E-state index in [2.05, 4.69) is 10.3 Å². The molecular weight excluding hydrogens is 377 g/mol. The lowest BCUT2D eigenvalue weighted by molar-refractivity contribution is -0.0925. The predicted octanol–water partition coefficient (Wildman–Crippen LogP) is 4.26. The third-order valence-electron chi connectivity index (χ3n) is 4.36. The first-order valence-corrected chi connectivity index (χ1v) is 8.60. The summed E-state index contributed by atoms with van der Waals surface area (Å²) in [5.41, 5.74) is 5.25. The molecule has 148 valence electrons. The lowest BCUT2D eigenvalue weighted by Gasteiger charge is -2.18. The Kier molecular flexibility index (Phi) is 5.40. The Hall–Kier alpha value is -2.90. The van der Waals surface area contributed by atoms with E-state index < -0.39 is 23.9 Å². The molecule has 0 aromatic rings. The third kappa shape index (κ3) is 4.00. The molecule has 0 spiro atoms. The predicted molar refractivity (Wildman–Crippen MR) is 98.8 cm³/mol. The Bertz CT molecular complexity index is 911. The number of hydrogen-bond acceptors (Lipinski definition) is 3. The molecule has 3 N–H and O–H groups in total. The van der Waals surface area contributed by atoms with Crippen molar-refractivity contribution >= 4 is 5.71 Å². The summed E-state index contributed by atoms with van der Waals surface area (Å²) in [5, 5.41) is 3.02. The van der Waals surface area contributed by atoms with Gasteiger partial charge in [0.05, 0.1) is 11.8 Å². The summed E-state index contributed by atoms with van der Waals surface area (Å²) in [6, 6.07) is -0.330. The number of aliphatic imine (C=N–C) groups is 1. The van der Waals surface area contributed by atoms with Gasteiger partial charge in [-0.25, -0.2) is 8.78 Å². The highest BCUT2D eigenvalue weighted by molar-refractivity contribution is 6.11. The number of nitrogens with two attached hydrogens (primary N) is 1. The number of nitrogens with zero attached hydrogens (tertiary/aromatic N) is 1. The van der Waals surface area contributed by atoms with Crippen molar-refractivity contribution in [1.29, 1.82) is 0 Å². The average molecular weight is 395 g/mol. The van der Waals surface area contributed by atoms with Crippen LogP contribution < -0.4 is 11.1 Å². The molecule has 3 rings (SSSR count). The molecule has 0 radical (unpaired) electrons. The Labute approximate surface area is 158 Å². The van der Waals surface area contributed by atoms with Gasteiger partial charge in [0.25, 0.3) is 0 Å². The summed E-state index contributed by atoms with van der Waals surface area (Å²) in [6.45, 7) is 1.96. The van der Waals surface area contributed by atoms with Crippen LogP contribution in [0.1, 0.15) is 6.92 Å². The molecule has 0 amide bonds. The fourth-order valence-corrected chi connectivity index (χ4v) is 3.03. The topological polar surface area (TPSA) is 50.4 Å². The second-order valence-electron chi connectivity index (χ2n) is 6.31. The van der Waals surface area contributed by atoms with Crippen LogP contribution in [0.5, 0.6) is 0 Å². The Balaban J connectivity index is 1.97. The van der Waals surface area contributed by atoms with Gasteiger partial charge in [0.1, 0.15) is 17.7 Å². The zero-order valence-corrected chi connectivity index (χ0v) is 14.9. The number of rotatable bonds is 3. The summed E-state index contributed by atoms with van der Waals surface area (Å²) >= 11 is 0. The highest BCUT2D eigenvalue weighted by atomic mass is 19.4. The minimum absolute atomic E-state index is 0.0871. The van der Waals surface area contributed by atoms with Gasteiger partial charge in [-0.05, 0) is 48.5 Å². The first-order chi connectivity index (χ1) is 13.2. The molecule has 8 heteroatoms. The molecule has 0 bridgehead atoms. The smallest absolute Gasteiger partial charge is 0.395 e. The fraction of sp³-hybridized carbons (Fsp3) is 0.250. The van der Waals surface area contributed by atoms with E-state index in [1.165, 1.54) is 18.2 Å². The maximum absolute atomic E-state index is 14.1. The molecule has 3 aliphatic rings. The molecule has 0 aromatic carbocycles. The molecule has 0 saturated carbocycles. The lowest BCUT2D eigenvalue weighted by Crippen LogP contribution is -2.26. The van der Waals surface area contributed by atoms with Gasteiger partial charge in [-0.2, -0.15) is 13.2 Å². The van der Waals surface area contributed by atoms with Crippen LogP contribution in [0.15, 0.2) is 87.5 Å². The Morgan fingerprint density at radius 3 is 2.68 bits per heavy atom. The highest BCUT2D eigenvalue weighted by Crippen LogP contribution is 2.33. The first-order valence-electron chi connectivity index (χ1n) is 8.60. The average Bonchev–Trinajstić information content (AvgIpc) is 3.02. The number of nitrogens with one attached hydrogen (secondary N) is 1. The fourth-order valence-electron chi connectivity index (χ4n) is 3.03. The molecule has 2 unspecified atom stereocenters. The second-order valence-corrected chi connectivity index (χ2v) is 6.31. The summed E-state index contributed by atoms with van der Waals surface area (Å²) in [6.07, 6.45) is 4.80. The molecule has 28 heavy (non-hydrogen) atoms. The molecule has 2 atom stereocenters. The zero-order valence-electron chi connectivity index (χ0n) is 14.9. The van der Waals surface area contributed by atoms with E-state index in [0.29, 0.717) is 16.8 Å². The normalized spacial score (nSPS) is 27.9. The van der Waals surface area contributed by atoms with Gasteiger partial charge < -0.3 is 11.1 Å². The van der Waals surface area contributed by atoms with Gasteiger partial charge in [-0.3, -0.25) is 4.99 Å². The molecule has 0 aromatic heterocycles. The van der Waals surface area contributed by atoms with Crippen molar-refractivity contribution in [3.8, 4) is 0 Å². The molecule has 1 aliphatic heterocycles.